The van der Waals surface area contributed by atoms with E-state index in [0.29, 0.717) is 5.69 Å². The Morgan fingerprint density at radius 1 is 0.968 bits per heavy atom. The van der Waals surface area contributed by atoms with Crippen molar-refractivity contribution in [1.82, 2.24) is 9.88 Å². The molecule has 0 unspecified atom stereocenters. The van der Waals surface area contributed by atoms with Gasteiger partial charge in [-0.1, -0.05) is 30.3 Å². The monoisotopic (exact) mass is 493 g/mol. The van der Waals surface area contributed by atoms with Gasteiger partial charge in [-0.3, -0.25) is 19.8 Å². The van der Waals surface area contributed by atoms with Gasteiger partial charge in [-0.2, -0.15) is 0 Å². The van der Waals surface area contributed by atoms with Gasteiger partial charge in [0.15, 0.2) is 5.11 Å². The van der Waals surface area contributed by atoms with E-state index in [0.717, 1.165) is 32.7 Å². The third kappa shape index (κ3) is 3.75. The molecule has 0 atom stereocenters. The van der Waals surface area contributed by atoms with Crippen LogP contribution in [-0.4, -0.2) is 21.5 Å². The van der Waals surface area contributed by atoms with E-state index in [1.807, 2.05) is 75.4 Å². The van der Waals surface area contributed by atoms with Gasteiger partial charge in [0.05, 0.1) is 11.4 Å². The Balaban J connectivity index is 1.80. The van der Waals surface area contributed by atoms with Crippen molar-refractivity contribution in [2.45, 2.75) is 20.8 Å². The number of para-hydroxylation sites is 2. The maximum atomic E-state index is 13.3. The Labute approximate surface area is 194 Å². The quantitative estimate of drug-likeness (QED) is 0.317. The van der Waals surface area contributed by atoms with Crippen molar-refractivity contribution >= 4 is 56.8 Å². The minimum absolute atomic E-state index is 0.0456. The zero-order valence-electron chi connectivity index (χ0n) is 17.3. The Morgan fingerprint density at radius 2 is 1.61 bits per heavy atom. The van der Waals surface area contributed by atoms with E-state index in [-0.39, 0.29) is 10.7 Å². The van der Waals surface area contributed by atoms with Crippen LogP contribution in [0.15, 0.2) is 64.6 Å². The number of nitrogens with zero attached hydrogens (tertiary/aromatic N) is 2. The Hall–Kier alpha value is -3.03. The van der Waals surface area contributed by atoms with Crippen molar-refractivity contribution in [2.24, 2.45) is 0 Å². The van der Waals surface area contributed by atoms with E-state index in [1.54, 1.807) is 6.08 Å². The third-order valence-electron chi connectivity index (χ3n) is 5.32. The molecule has 2 amide bonds. The van der Waals surface area contributed by atoms with E-state index in [9.17, 15) is 9.59 Å². The highest BCUT2D eigenvalue weighted by Crippen LogP contribution is 2.29. The summed E-state index contributed by atoms with van der Waals surface area (Å²) in [6.07, 6.45) is 1.64. The van der Waals surface area contributed by atoms with E-state index >= 15 is 0 Å². The smallest absolute Gasteiger partial charge is 0.270 e. The number of thiocarbonyl (C=S) groups is 1. The van der Waals surface area contributed by atoms with Gasteiger partial charge in [0.2, 0.25) is 0 Å². The molecule has 0 bridgehead atoms. The fourth-order valence-electron chi connectivity index (χ4n) is 3.78. The number of halogens is 1. The normalized spacial score (nSPS) is 15.5. The van der Waals surface area contributed by atoms with E-state index in [2.05, 4.69) is 25.8 Å². The summed E-state index contributed by atoms with van der Waals surface area (Å²) in [6.45, 7) is 5.86. The van der Waals surface area contributed by atoms with Crippen LogP contribution in [0.2, 0.25) is 0 Å². The SMILES string of the molecule is Cc1ccccc1N1C(=O)/C(=C/c2cc(C)n(-c3ccccc3Br)c2C)C(=O)NC1=S. The van der Waals surface area contributed by atoms with Gasteiger partial charge in [-0.25, -0.2) is 0 Å². The van der Waals surface area contributed by atoms with Gasteiger partial charge in [0, 0.05) is 15.9 Å². The van der Waals surface area contributed by atoms with E-state index in [1.165, 1.54) is 4.90 Å². The number of nitrogens with one attached hydrogen (secondary N) is 1. The first kappa shape index (κ1) is 21.2. The summed E-state index contributed by atoms with van der Waals surface area (Å²) in [4.78, 5) is 27.4. The number of carbonyl (C=O) groups excluding carboxylic acids is 2. The largest absolute Gasteiger partial charge is 0.317 e. The molecule has 1 aromatic heterocycles. The summed E-state index contributed by atoms with van der Waals surface area (Å²) >= 11 is 8.91. The fraction of sp³-hybridized carbons (Fsp3) is 0.125. The average molecular weight is 494 g/mol. The Morgan fingerprint density at radius 3 is 2.29 bits per heavy atom. The van der Waals surface area contributed by atoms with Crippen LogP contribution in [0.25, 0.3) is 11.8 Å². The summed E-state index contributed by atoms with van der Waals surface area (Å²) in [6, 6.07) is 17.3. The lowest BCUT2D eigenvalue weighted by Crippen LogP contribution is -2.54. The first-order valence-electron chi connectivity index (χ1n) is 9.70. The molecule has 1 saturated heterocycles. The minimum atomic E-state index is -0.495. The second kappa shape index (κ2) is 8.24. The highest BCUT2D eigenvalue weighted by molar-refractivity contribution is 9.10. The van der Waals surface area contributed by atoms with Gasteiger partial charge in [0.25, 0.3) is 11.8 Å². The Bertz CT molecular complexity index is 1280. The number of anilines is 1. The number of rotatable bonds is 3. The molecule has 2 heterocycles. The standard InChI is InChI=1S/C24H20BrN3O2S/c1-14-8-4-6-10-20(14)28-23(30)18(22(29)26-24(28)31)13-17-12-15(2)27(16(17)3)21-11-7-5-9-19(21)25/h4-13H,1-3H3,(H,26,29,31)/b18-13+. The molecule has 2 aromatic carbocycles. The van der Waals surface area contributed by atoms with E-state index < -0.39 is 11.8 Å². The topological polar surface area (TPSA) is 54.3 Å². The molecule has 1 fully saturated rings. The molecule has 7 heteroatoms. The molecule has 0 saturated carbocycles. The van der Waals surface area contributed by atoms with Crippen LogP contribution >= 0.6 is 28.1 Å². The second-order valence-corrected chi connectivity index (χ2v) is 8.60. The number of hydrogen-bond donors (Lipinski definition) is 1. The van der Waals surface area contributed by atoms with Crippen LogP contribution in [0.4, 0.5) is 5.69 Å². The molecule has 1 aliphatic rings. The van der Waals surface area contributed by atoms with Crippen LogP contribution in [0, 0.1) is 20.8 Å². The predicted octanol–water partition coefficient (Wildman–Crippen LogP) is 5.00. The molecule has 1 N–H and O–H groups in total. The molecule has 1 aliphatic heterocycles. The second-order valence-electron chi connectivity index (χ2n) is 7.36. The van der Waals surface area contributed by atoms with Crippen molar-refractivity contribution in [3.8, 4) is 5.69 Å². The molecule has 156 valence electrons. The molecule has 3 aromatic rings. The predicted molar refractivity (Wildman–Crippen MR) is 130 cm³/mol. The first-order chi connectivity index (χ1) is 14.8. The summed E-state index contributed by atoms with van der Waals surface area (Å²) in [5, 5.41) is 2.74. The lowest BCUT2D eigenvalue weighted by molar-refractivity contribution is -0.122. The molecular weight excluding hydrogens is 474 g/mol. The zero-order chi connectivity index (χ0) is 22.3. The number of carbonyl (C=O) groups is 2. The van der Waals surface area contributed by atoms with Crippen LogP contribution in [0.5, 0.6) is 0 Å². The summed E-state index contributed by atoms with van der Waals surface area (Å²) in [7, 11) is 0. The number of amides is 2. The van der Waals surface area contributed by atoms with Crippen LogP contribution in [-0.2, 0) is 9.59 Å². The van der Waals surface area contributed by atoms with Crippen molar-refractivity contribution in [2.75, 3.05) is 4.90 Å². The van der Waals surface area contributed by atoms with Gasteiger partial charge in [-0.05, 0) is 90.4 Å². The van der Waals surface area contributed by atoms with Crippen LogP contribution < -0.4 is 10.2 Å². The highest BCUT2D eigenvalue weighted by Gasteiger charge is 2.35. The molecule has 0 aliphatic carbocycles. The lowest BCUT2D eigenvalue weighted by atomic mass is 10.1. The van der Waals surface area contributed by atoms with Crippen molar-refractivity contribution in [1.29, 1.82) is 0 Å². The van der Waals surface area contributed by atoms with Crippen molar-refractivity contribution < 1.29 is 9.59 Å². The number of aryl methyl sites for hydroxylation is 2. The Kier molecular flexibility index (Phi) is 5.64. The van der Waals surface area contributed by atoms with Crippen molar-refractivity contribution in [3.05, 3.63) is 87.2 Å². The van der Waals surface area contributed by atoms with Crippen molar-refractivity contribution in [3.63, 3.8) is 0 Å². The molecular formula is C24H20BrN3O2S. The maximum Gasteiger partial charge on any atom is 0.270 e. The molecule has 0 radical (unpaired) electrons. The molecule has 0 spiro atoms. The van der Waals surface area contributed by atoms with Gasteiger partial charge in [-0.15, -0.1) is 0 Å². The summed E-state index contributed by atoms with van der Waals surface area (Å²) in [5.41, 5.74) is 5.29. The summed E-state index contributed by atoms with van der Waals surface area (Å²) < 4.78 is 3.05. The van der Waals surface area contributed by atoms with Gasteiger partial charge in [0.1, 0.15) is 5.57 Å². The van der Waals surface area contributed by atoms with Gasteiger partial charge < -0.3 is 4.57 Å². The average Bonchev–Trinajstić information content (AvgIpc) is 3.00. The first-order valence-corrected chi connectivity index (χ1v) is 10.9. The number of aromatic nitrogens is 1. The summed E-state index contributed by atoms with van der Waals surface area (Å²) in [5.74, 6) is -0.931. The van der Waals surface area contributed by atoms with Crippen LogP contribution in [0.3, 0.4) is 0 Å². The number of hydrogen-bond acceptors (Lipinski definition) is 3. The molecule has 31 heavy (non-hydrogen) atoms. The number of benzene rings is 2. The maximum absolute atomic E-state index is 13.3. The molecule has 4 rings (SSSR count). The van der Waals surface area contributed by atoms with Gasteiger partial charge >= 0.3 is 0 Å². The van der Waals surface area contributed by atoms with E-state index in [4.69, 9.17) is 12.2 Å². The van der Waals surface area contributed by atoms with Crippen LogP contribution in [0.1, 0.15) is 22.5 Å². The fourth-order valence-corrected chi connectivity index (χ4v) is 4.52. The zero-order valence-corrected chi connectivity index (χ0v) is 19.7. The highest BCUT2D eigenvalue weighted by atomic mass is 79.9. The lowest BCUT2D eigenvalue weighted by Gasteiger charge is -2.30. The minimum Gasteiger partial charge on any atom is -0.317 e. The molecule has 5 nitrogen and oxygen atoms in total. The third-order valence-corrected chi connectivity index (χ3v) is 6.28.